The molecule has 2 saturated heterocycles. The molecule has 0 bridgehead atoms. The summed E-state index contributed by atoms with van der Waals surface area (Å²) < 4.78 is 8.21. The Labute approximate surface area is 199 Å². The first-order chi connectivity index (χ1) is 16.3. The van der Waals surface area contributed by atoms with Crippen LogP contribution in [0.1, 0.15) is 43.2 Å². The van der Waals surface area contributed by atoms with E-state index in [1.165, 1.54) is 24.8 Å². The van der Waals surface area contributed by atoms with E-state index >= 15 is 0 Å². The molecule has 5 rings (SSSR count). The number of nitrogens with zero attached hydrogens (tertiary/aromatic N) is 5. The van der Waals surface area contributed by atoms with Crippen molar-refractivity contribution >= 4 is 17.7 Å². The summed E-state index contributed by atoms with van der Waals surface area (Å²) in [5, 5.41) is 19.5. The van der Waals surface area contributed by atoms with Gasteiger partial charge in [-0.15, -0.1) is 10.2 Å². The van der Waals surface area contributed by atoms with Gasteiger partial charge in [-0.25, -0.2) is 0 Å². The van der Waals surface area contributed by atoms with Crippen LogP contribution in [0.5, 0.6) is 0 Å². The highest BCUT2D eigenvalue weighted by atomic mass is 32.2. The van der Waals surface area contributed by atoms with Crippen LogP contribution < -0.4 is 4.90 Å². The lowest BCUT2D eigenvalue weighted by atomic mass is 10.00. The fourth-order valence-electron chi connectivity index (χ4n) is 4.63. The van der Waals surface area contributed by atoms with E-state index in [4.69, 9.17) is 4.74 Å². The van der Waals surface area contributed by atoms with Gasteiger partial charge in [-0.1, -0.05) is 54.2 Å². The van der Waals surface area contributed by atoms with Crippen molar-refractivity contribution in [2.75, 3.05) is 24.6 Å². The Balaban J connectivity index is 1.31. The molecule has 0 N–H and O–H groups in total. The molecule has 0 amide bonds. The van der Waals surface area contributed by atoms with Crippen LogP contribution in [0.4, 0.5) is 5.95 Å². The van der Waals surface area contributed by atoms with Crippen LogP contribution in [0.25, 0.3) is 11.1 Å². The van der Waals surface area contributed by atoms with Crippen molar-refractivity contribution in [3.05, 3.63) is 59.7 Å². The fourth-order valence-corrected chi connectivity index (χ4v) is 5.53. The number of piperidine rings is 1. The highest BCUT2D eigenvalue weighted by molar-refractivity contribution is 7.98. The zero-order valence-corrected chi connectivity index (χ0v) is 19.6. The number of thioether (sulfide) groups is 1. The number of ether oxygens (including phenoxy) is 1. The normalized spacial score (nSPS) is 18.4. The number of rotatable bonds is 7. The van der Waals surface area contributed by atoms with Gasteiger partial charge in [-0.2, -0.15) is 5.26 Å². The van der Waals surface area contributed by atoms with Gasteiger partial charge in [0.2, 0.25) is 5.95 Å². The number of benzene rings is 2. The van der Waals surface area contributed by atoms with Crippen molar-refractivity contribution in [3.8, 4) is 17.2 Å². The van der Waals surface area contributed by atoms with Gasteiger partial charge in [0, 0.05) is 25.4 Å². The number of nitriles is 1. The molecule has 0 radical (unpaired) electrons. The Morgan fingerprint density at radius 1 is 1.00 bits per heavy atom. The third kappa shape index (κ3) is 5.07. The van der Waals surface area contributed by atoms with Crippen LogP contribution in [0, 0.1) is 11.3 Å². The molecule has 1 unspecified atom stereocenters. The Kier molecular flexibility index (Phi) is 6.94. The molecule has 1 atom stereocenters. The lowest BCUT2D eigenvalue weighted by Crippen LogP contribution is -2.33. The predicted octanol–water partition coefficient (Wildman–Crippen LogP) is 5.28. The van der Waals surface area contributed by atoms with Gasteiger partial charge in [-0.05, 0) is 54.9 Å². The Morgan fingerprint density at radius 2 is 1.82 bits per heavy atom. The molecule has 7 heteroatoms. The Hall–Kier alpha value is -2.82. The second-order valence-corrected chi connectivity index (χ2v) is 9.66. The minimum atomic E-state index is 0.253. The summed E-state index contributed by atoms with van der Waals surface area (Å²) in [7, 11) is 0. The first kappa shape index (κ1) is 22.0. The van der Waals surface area contributed by atoms with E-state index in [1.54, 1.807) is 11.8 Å². The molecule has 2 fully saturated rings. The van der Waals surface area contributed by atoms with Crippen molar-refractivity contribution in [1.82, 2.24) is 14.8 Å². The fraction of sp³-hybridized carbons (Fsp3) is 0.423. The standard InChI is InChI=1S/C26H29N5OS/c27-17-22-7-2-3-9-24(22)21-12-10-20(11-13-21)19-33-26-29-28-25(30-14-4-1-5-15-30)31(26)18-23-8-6-16-32-23/h2-3,7,9-13,23H,1,4-6,8,14-16,18-19H2. The molecule has 0 aliphatic carbocycles. The summed E-state index contributed by atoms with van der Waals surface area (Å²) >= 11 is 1.73. The van der Waals surface area contributed by atoms with Crippen molar-refractivity contribution < 1.29 is 4.74 Å². The molecule has 3 heterocycles. The zero-order chi connectivity index (χ0) is 22.5. The van der Waals surface area contributed by atoms with Crippen LogP contribution in [0.2, 0.25) is 0 Å². The van der Waals surface area contributed by atoms with Crippen molar-refractivity contribution in [2.45, 2.75) is 55.7 Å². The zero-order valence-electron chi connectivity index (χ0n) is 18.8. The average molecular weight is 460 g/mol. The van der Waals surface area contributed by atoms with Crippen LogP contribution in [-0.2, 0) is 17.0 Å². The van der Waals surface area contributed by atoms with E-state index < -0.39 is 0 Å². The van der Waals surface area contributed by atoms with E-state index in [9.17, 15) is 5.26 Å². The molecule has 2 aliphatic heterocycles. The summed E-state index contributed by atoms with van der Waals surface area (Å²) in [4.78, 5) is 2.39. The first-order valence-electron chi connectivity index (χ1n) is 11.8. The minimum Gasteiger partial charge on any atom is -0.376 e. The monoisotopic (exact) mass is 459 g/mol. The molecule has 1 aromatic heterocycles. The van der Waals surface area contributed by atoms with Gasteiger partial charge < -0.3 is 9.64 Å². The maximum atomic E-state index is 9.39. The maximum Gasteiger partial charge on any atom is 0.228 e. The Bertz CT molecular complexity index is 1110. The Morgan fingerprint density at radius 3 is 2.58 bits per heavy atom. The van der Waals surface area contributed by atoms with Crippen LogP contribution >= 0.6 is 11.8 Å². The van der Waals surface area contributed by atoms with Gasteiger partial charge >= 0.3 is 0 Å². The van der Waals surface area contributed by atoms with Crippen molar-refractivity contribution in [3.63, 3.8) is 0 Å². The van der Waals surface area contributed by atoms with E-state index in [2.05, 4.69) is 50.0 Å². The highest BCUT2D eigenvalue weighted by Gasteiger charge is 2.24. The molecule has 3 aromatic rings. The van der Waals surface area contributed by atoms with E-state index in [0.717, 1.165) is 67.1 Å². The summed E-state index contributed by atoms with van der Waals surface area (Å²) in [6, 6.07) is 18.5. The third-order valence-corrected chi connectivity index (χ3v) is 7.46. The summed E-state index contributed by atoms with van der Waals surface area (Å²) in [6.07, 6.45) is 6.23. The van der Waals surface area contributed by atoms with Gasteiger partial charge in [0.25, 0.3) is 0 Å². The minimum absolute atomic E-state index is 0.253. The molecule has 170 valence electrons. The third-order valence-electron chi connectivity index (χ3n) is 6.43. The summed E-state index contributed by atoms with van der Waals surface area (Å²) in [5.74, 6) is 1.82. The second-order valence-electron chi connectivity index (χ2n) is 8.72. The largest absolute Gasteiger partial charge is 0.376 e. The molecule has 0 spiro atoms. The lowest BCUT2D eigenvalue weighted by Gasteiger charge is -2.28. The predicted molar refractivity (Wildman–Crippen MR) is 131 cm³/mol. The van der Waals surface area contributed by atoms with Gasteiger partial charge in [0.1, 0.15) is 0 Å². The van der Waals surface area contributed by atoms with Gasteiger partial charge in [-0.3, -0.25) is 4.57 Å². The van der Waals surface area contributed by atoms with Crippen LogP contribution in [0.3, 0.4) is 0 Å². The maximum absolute atomic E-state index is 9.39. The quantitative estimate of drug-likeness (QED) is 0.448. The van der Waals surface area contributed by atoms with Crippen LogP contribution in [0.15, 0.2) is 53.7 Å². The molecule has 6 nitrogen and oxygen atoms in total. The molecule has 2 aromatic carbocycles. The van der Waals surface area contributed by atoms with Crippen LogP contribution in [-0.4, -0.2) is 40.6 Å². The highest BCUT2D eigenvalue weighted by Crippen LogP contribution is 2.30. The first-order valence-corrected chi connectivity index (χ1v) is 12.8. The van der Waals surface area contributed by atoms with Gasteiger partial charge in [0.15, 0.2) is 5.16 Å². The number of hydrogen-bond donors (Lipinski definition) is 0. The number of anilines is 1. The smallest absolute Gasteiger partial charge is 0.228 e. The molecule has 0 saturated carbocycles. The second kappa shape index (κ2) is 10.4. The van der Waals surface area contributed by atoms with E-state index in [0.29, 0.717) is 5.56 Å². The molecule has 33 heavy (non-hydrogen) atoms. The SMILES string of the molecule is N#Cc1ccccc1-c1ccc(CSc2nnc(N3CCCCC3)n2CC2CCCO2)cc1. The average Bonchev–Trinajstić information content (AvgIpc) is 3.54. The topological polar surface area (TPSA) is 67.0 Å². The lowest BCUT2D eigenvalue weighted by molar-refractivity contribution is 0.0951. The number of hydrogen-bond acceptors (Lipinski definition) is 6. The molecular formula is C26H29N5OS. The molecular weight excluding hydrogens is 430 g/mol. The van der Waals surface area contributed by atoms with E-state index in [-0.39, 0.29) is 6.10 Å². The van der Waals surface area contributed by atoms with Gasteiger partial charge in [0.05, 0.1) is 24.3 Å². The van der Waals surface area contributed by atoms with Crippen molar-refractivity contribution in [1.29, 1.82) is 5.26 Å². The number of aromatic nitrogens is 3. The summed E-state index contributed by atoms with van der Waals surface area (Å²) in [6.45, 7) is 3.79. The van der Waals surface area contributed by atoms with Crippen molar-refractivity contribution in [2.24, 2.45) is 0 Å². The molecule has 2 aliphatic rings. The van der Waals surface area contributed by atoms with E-state index in [1.807, 2.05) is 24.3 Å². The summed E-state index contributed by atoms with van der Waals surface area (Å²) in [5.41, 5.74) is 3.97.